The Bertz CT molecular complexity index is 646. The van der Waals surface area contributed by atoms with Gasteiger partial charge in [0.05, 0.1) is 0 Å². The molecule has 2 aromatic rings. The monoisotopic (exact) mass is 294 g/mol. The minimum atomic E-state index is 1.03. The van der Waals surface area contributed by atoms with Gasteiger partial charge in [-0.15, -0.1) is 23.5 Å². The van der Waals surface area contributed by atoms with Crippen molar-refractivity contribution >= 4 is 23.5 Å². The van der Waals surface area contributed by atoms with Crippen molar-refractivity contribution in [2.45, 2.75) is 9.79 Å². The molecular formula is C18H14S2. The van der Waals surface area contributed by atoms with Crippen LogP contribution < -0.4 is 0 Å². The van der Waals surface area contributed by atoms with Gasteiger partial charge in [0.25, 0.3) is 0 Å². The second-order valence-electron chi connectivity index (χ2n) is 3.90. The molecule has 2 aromatic carbocycles. The molecule has 0 nitrogen and oxygen atoms in total. The molecule has 0 aliphatic rings. The van der Waals surface area contributed by atoms with Crippen LogP contribution in [0.4, 0.5) is 0 Å². The molecule has 0 unspecified atom stereocenters. The fourth-order valence-corrected chi connectivity index (χ4v) is 2.80. The fraction of sp³-hybridized carbons (Fsp3) is 0.111. The maximum Gasteiger partial charge on any atom is 0.0391 e. The Morgan fingerprint density at radius 1 is 0.650 bits per heavy atom. The molecule has 2 heteroatoms. The van der Waals surface area contributed by atoms with Gasteiger partial charge in [0.1, 0.15) is 0 Å². The van der Waals surface area contributed by atoms with Crippen molar-refractivity contribution in [3.05, 3.63) is 59.7 Å². The van der Waals surface area contributed by atoms with Gasteiger partial charge < -0.3 is 0 Å². The van der Waals surface area contributed by atoms with Crippen LogP contribution in [-0.2, 0) is 0 Å². The van der Waals surface area contributed by atoms with E-state index in [1.807, 2.05) is 36.4 Å². The van der Waals surface area contributed by atoms with Gasteiger partial charge in [-0.05, 0) is 48.6 Å². The molecule has 0 saturated heterocycles. The van der Waals surface area contributed by atoms with Crippen molar-refractivity contribution in [3.63, 3.8) is 0 Å². The van der Waals surface area contributed by atoms with Gasteiger partial charge >= 0.3 is 0 Å². The normalized spacial score (nSPS) is 9.10. The average molecular weight is 294 g/mol. The predicted octanol–water partition coefficient (Wildman–Crippen LogP) is 4.53. The van der Waals surface area contributed by atoms with Gasteiger partial charge in [-0.2, -0.15) is 0 Å². The Kier molecular flexibility index (Phi) is 5.69. The SMILES string of the molecule is CSc1ccccc1C#CC#Cc1ccccc1SC. The van der Waals surface area contributed by atoms with Crippen LogP contribution in [0.2, 0.25) is 0 Å². The van der Waals surface area contributed by atoms with Crippen LogP contribution in [0.1, 0.15) is 11.1 Å². The van der Waals surface area contributed by atoms with E-state index < -0.39 is 0 Å². The zero-order valence-electron chi connectivity index (χ0n) is 11.4. The highest BCUT2D eigenvalue weighted by Crippen LogP contribution is 2.19. The molecule has 2 rings (SSSR count). The van der Waals surface area contributed by atoms with Crippen LogP contribution in [0, 0.1) is 23.7 Å². The van der Waals surface area contributed by atoms with Crippen molar-refractivity contribution in [1.29, 1.82) is 0 Å². The standard InChI is InChI=1S/C18H14S2/c1-19-17-13-7-5-11-15(17)9-3-4-10-16-12-6-8-14-18(16)20-2/h5-8,11-14H,1-2H3. The topological polar surface area (TPSA) is 0 Å². The summed E-state index contributed by atoms with van der Waals surface area (Å²) in [5.41, 5.74) is 2.07. The number of hydrogen-bond donors (Lipinski definition) is 0. The summed E-state index contributed by atoms with van der Waals surface area (Å²) >= 11 is 3.40. The zero-order valence-corrected chi connectivity index (χ0v) is 13.1. The van der Waals surface area contributed by atoms with E-state index in [-0.39, 0.29) is 0 Å². The number of benzene rings is 2. The maximum atomic E-state index is 3.12. The lowest BCUT2D eigenvalue weighted by Crippen LogP contribution is -1.79. The fourth-order valence-electron chi connectivity index (χ4n) is 1.69. The van der Waals surface area contributed by atoms with Gasteiger partial charge in [-0.3, -0.25) is 0 Å². The summed E-state index contributed by atoms with van der Waals surface area (Å²) in [7, 11) is 0. The number of thioether (sulfide) groups is 2. The van der Waals surface area contributed by atoms with Crippen LogP contribution in [-0.4, -0.2) is 12.5 Å². The van der Waals surface area contributed by atoms with Gasteiger partial charge in [0, 0.05) is 20.9 Å². The number of rotatable bonds is 2. The first-order valence-electron chi connectivity index (χ1n) is 6.13. The molecule has 0 radical (unpaired) electrons. The van der Waals surface area contributed by atoms with E-state index in [2.05, 4.69) is 48.3 Å². The Morgan fingerprint density at radius 3 is 1.45 bits per heavy atom. The molecule has 0 aromatic heterocycles. The molecule has 0 aliphatic carbocycles. The van der Waals surface area contributed by atoms with Crippen LogP contribution in [0.25, 0.3) is 0 Å². The summed E-state index contributed by atoms with van der Waals surface area (Å²) in [6.07, 6.45) is 4.11. The molecular weight excluding hydrogens is 280 g/mol. The largest absolute Gasteiger partial charge is 0.128 e. The van der Waals surface area contributed by atoms with E-state index in [1.54, 1.807) is 23.5 Å². The van der Waals surface area contributed by atoms with E-state index in [4.69, 9.17) is 0 Å². The van der Waals surface area contributed by atoms with E-state index in [1.165, 1.54) is 9.79 Å². The molecule has 20 heavy (non-hydrogen) atoms. The van der Waals surface area contributed by atoms with Crippen LogP contribution in [0.5, 0.6) is 0 Å². The summed E-state index contributed by atoms with van der Waals surface area (Å²) < 4.78 is 0. The molecule has 0 heterocycles. The first kappa shape index (κ1) is 14.7. The summed E-state index contributed by atoms with van der Waals surface area (Å²) in [4.78, 5) is 2.37. The lowest BCUT2D eigenvalue weighted by molar-refractivity contribution is 1.42. The van der Waals surface area contributed by atoms with Crippen LogP contribution in [0.3, 0.4) is 0 Å². The molecule has 0 saturated carbocycles. The molecule has 0 spiro atoms. The molecule has 0 fully saturated rings. The van der Waals surface area contributed by atoms with E-state index >= 15 is 0 Å². The summed E-state index contributed by atoms with van der Waals surface area (Å²) in [6, 6.07) is 16.2. The molecule has 0 N–H and O–H groups in total. The van der Waals surface area contributed by atoms with Gasteiger partial charge in [-0.25, -0.2) is 0 Å². The van der Waals surface area contributed by atoms with Crippen LogP contribution in [0.15, 0.2) is 58.3 Å². The molecule has 0 amide bonds. The van der Waals surface area contributed by atoms with Crippen molar-refractivity contribution in [2.24, 2.45) is 0 Å². The third kappa shape index (κ3) is 3.87. The highest BCUT2D eigenvalue weighted by molar-refractivity contribution is 7.98. The smallest absolute Gasteiger partial charge is 0.0391 e. The molecule has 98 valence electrons. The van der Waals surface area contributed by atoms with E-state index in [9.17, 15) is 0 Å². The van der Waals surface area contributed by atoms with Crippen molar-refractivity contribution < 1.29 is 0 Å². The molecule has 0 atom stereocenters. The molecule has 0 bridgehead atoms. The molecule has 0 aliphatic heterocycles. The second-order valence-corrected chi connectivity index (χ2v) is 5.60. The Hall–Kier alpha value is -1.74. The summed E-state index contributed by atoms with van der Waals surface area (Å²) in [5.74, 6) is 12.1. The third-order valence-corrected chi connectivity index (χ3v) is 4.26. The average Bonchev–Trinajstić information content (AvgIpc) is 2.52. The first-order valence-corrected chi connectivity index (χ1v) is 8.58. The second kappa shape index (κ2) is 7.75. The Balaban J connectivity index is 2.22. The van der Waals surface area contributed by atoms with Gasteiger partial charge in [-0.1, -0.05) is 36.1 Å². The van der Waals surface area contributed by atoms with Crippen molar-refractivity contribution in [3.8, 4) is 23.7 Å². The summed E-state index contributed by atoms with van der Waals surface area (Å²) in [5, 5.41) is 0. The van der Waals surface area contributed by atoms with Crippen LogP contribution >= 0.6 is 23.5 Å². The predicted molar refractivity (Wildman–Crippen MR) is 90.2 cm³/mol. The highest BCUT2D eigenvalue weighted by atomic mass is 32.2. The zero-order chi connectivity index (χ0) is 14.2. The highest BCUT2D eigenvalue weighted by Gasteiger charge is 1.95. The lowest BCUT2D eigenvalue weighted by Gasteiger charge is -1.98. The first-order chi connectivity index (χ1) is 9.85. The van der Waals surface area contributed by atoms with Gasteiger partial charge in [0.2, 0.25) is 0 Å². The van der Waals surface area contributed by atoms with Crippen molar-refractivity contribution in [1.82, 2.24) is 0 Å². The maximum absolute atomic E-state index is 3.12. The quantitative estimate of drug-likeness (QED) is 0.589. The number of hydrogen-bond acceptors (Lipinski definition) is 2. The van der Waals surface area contributed by atoms with Crippen molar-refractivity contribution in [2.75, 3.05) is 12.5 Å². The minimum absolute atomic E-state index is 1.03. The Labute approximate surface area is 129 Å². The minimum Gasteiger partial charge on any atom is -0.128 e. The van der Waals surface area contributed by atoms with Gasteiger partial charge in [0.15, 0.2) is 0 Å². The third-order valence-electron chi connectivity index (χ3n) is 2.67. The summed E-state index contributed by atoms with van der Waals surface area (Å²) in [6.45, 7) is 0. The van der Waals surface area contributed by atoms with E-state index in [0.717, 1.165) is 11.1 Å². The lowest BCUT2D eigenvalue weighted by atomic mass is 10.2. The van der Waals surface area contributed by atoms with E-state index in [0.29, 0.717) is 0 Å². The Morgan fingerprint density at radius 2 is 1.05 bits per heavy atom.